The van der Waals surface area contributed by atoms with E-state index in [2.05, 4.69) is 15.6 Å². The highest BCUT2D eigenvalue weighted by Crippen LogP contribution is 2.17. The van der Waals surface area contributed by atoms with Crippen LogP contribution in [0.3, 0.4) is 0 Å². The number of nitrogen functional groups attached to an aromatic ring is 1. The Morgan fingerprint density at radius 1 is 1.44 bits per heavy atom. The second-order valence-corrected chi connectivity index (χ2v) is 4.78. The molecule has 1 saturated heterocycles. The smallest absolute Gasteiger partial charge is 0.219 e. The van der Waals surface area contributed by atoms with Crippen LogP contribution in [0.2, 0.25) is 0 Å². The van der Waals surface area contributed by atoms with Gasteiger partial charge in [0.25, 0.3) is 0 Å². The molecule has 1 aromatic heterocycles. The lowest BCUT2D eigenvalue weighted by molar-refractivity contribution is 0.0156. The maximum absolute atomic E-state index is 5.60. The van der Waals surface area contributed by atoms with Gasteiger partial charge in [-0.3, -0.25) is 5.43 Å². The van der Waals surface area contributed by atoms with Gasteiger partial charge in [-0.1, -0.05) is 11.3 Å². The van der Waals surface area contributed by atoms with Gasteiger partial charge < -0.3 is 9.47 Å². The van der Waals surface area contributed by atoms with Crippen LogP contribution in [0.25, 0.3) is 0 Å². The average Bonchev–Trinajstić information content (AvgIpc) is 2.78. The number of ether oxygens (including phenoxy) is 2. The molecule has 2 rings (SSSR count). The molecule has 0 aromatic carbocycles. The van der Waals surface area contributed by atoms with Crippen LogP contribution < -0.4 is 11.3 Å². The second kappa shape index (κ2) is 6.09. The zero-order chi connectivity index (χ0) is 11.2. The molecule has 0 aliphatic carbocycles. The molecule has 0 atom stereocenters. The minimum absolute atomic E-state index is 0.511. The zero-order valence-electron chi connectivity index (χ0n) is 9.02. The van der Waals surface area contributed by atoms with E-state index in [9.17, 15) is 0 Å². The topological polar surface area (TPSA) is 82.3 Å². The Balaban J connectivity index is 1.66. The third kappa shape index (κ3) is 3.38. The van der Waals surface area contributed by atoms with Gasteiger partial charge in [0.05, 0.1) is 6.61 Å². The van der Waals surface area contributed by atoms with Crippen molar-refractivity contribution < 1.29 is 9.47 Å². The number of nitrogens with two attached hydrogens (primary N) is 1. The van der Waals surface area contributed by atoms with Gasteiger partial charge in [0.2, 0.25) is 5.13 Å². The molecule has 0 saturated carbocycles. The van der Waals surface area contributed by atoms with E-state index in [-0.39, 0.29) is 0 Å². The maximum atomic E-state index is 5.60. The fourth-order valence-electron chi connectivity index (χ4n) is 1.60. The summed E-state index contributed by atoms with van der Waals surface area (Å²) in [6.45, 7) is 2.99. The summed E-state index contributed by atoms with van der Waals surface area (Å²) in [5.41, 5.74) is 2.46. The van der Waals surface area contributed by atoms with Gasteiger partial charge in [-0.2, -0.15) is 0 Å². The molecule has 0 amide bonds. The summed E-state index contributed by atoms with van der Waals surface area (Å²) >= 11 is 1.41. The summed E-state index contributed by atoms with van der Waals surface area (Å²) in [7, 11) is 0. The van der Waals surface area contributed by atoms with E-state index in [1.165, 1.54) is 11.3 Å². The van der Waals surface area contributed by atoms with E-state index in [1.807, 2.05) is 0 Å². The van der Waals surface area contributed by atoms with E-state index >= 15 is 0 Å². The molecule has 90 valence electrons. The summed E-state index contributed by atoms with van der Waals surface area (Å²) in [4.78, 5) is 0. The Kier molecular flexibility index (Phi) is 4.46. The van der Waals surface area contributed by atoms with Crippen LogP contribution in [0.1, 0.15) is 17.8 Å². The molecule has 0 bridgehead atoms. The fourth-order valence-corrected chi connectivity index (χ4v) is 2.18. The molecule has 0 unspecified atom stereocenters. The molecule has 0 radical (unpaired) electrons. The van der Waals surface area contributed by atoms with Crippen molar-refractivity contribution in [3.05, 3.63) is 5.01 Å². The number of hydrazine groups is 1. The molecule has 1 aliphatic heterocycles. The number of nitrogens with one attached hydrogen (secondary N) is 1. The molecule has 1 fully saturated rings. The van der Waals surface area contributed by atoms with Crippen LogP contribution >= 0.6 is 11.3 Å². The van der Waals surface area contributed by atoms with Crippen molar-refractivity contribution in [2.24, 2.45) is 11.8 Å². The molecule has 16 heavy (non-hydrogen) atoms. The van der Waals surface area contributed by atoms with E-state index in [0.29, 0.717) is 17.7 Å². The molecule has 0 spiro atoms. The van der Waals surface area contributed by atoms with Crippen LogP contribution in [0, 0.1) is 5.92 Å². The van der Waals surface area contributed by atoms with Gasteiger partial charge in [-0.05, 0) is 18.8 Å². The van der Waals surface area contributed by atoms with Crippen LogP contribution in [-0.4, -0.2) is 30.0 Å². The molecule has 3 N–H and O–H groups in total. The number of rotatable bonds is 5. The van der Waals surface area contributed by atoms with Crippen molar-refractivity contribution in [3.8, 4) is 0 Å². The molecule has 1 aliphatic rings. The first kappa shape index (κ1) is 11.7. The van der Waals surface area contributed by atoms with Crippen molar-refractivity contribution >= 4 is 16.5 Å². The second-order valence-electron chi connectivity index (χ2n) is 3.72. The molecule has 1 aromatic rings. The standard InChI is InChI=1S/C9H16N4O2S/c10-11-9-13-12-8(16-9)6-15-5-7-1-3-14-4-2-7/h7H,1-6,10H2,(H,11,13). The quantitative estimate of drug-likeness (QED) is 0.588. The van der Waals surface area contributed by atoms with E-state index in [1.54, 1.807) is 0 Å². The minimum atomic E-state index is 0.511. The van der Waals surface area contributed by atoms with Crippen LogP contribution in [0.4, 0.5) is 5.13 Å². The lowest BCUT2D eigenvalue weighted by Crippen LogP contribution is -2.20. The highest BCUT2D eigenvalue weighted by molar-refractivity contribution is 7.15. The van der Waals surface area contributed by atoms with Crippen molar-refractivity contribution in [2.45, 2.75) is 19.4 Å². The predicted octanol–water partition coefficient (Wildman–Crippen LogP) is 0.767. The van der Waals surface area contributed by atoms with Gasteiger partial charge in [0.1, 0.15) is 11.6 Å². The number of anilines is 1. The van der Waals surface area contributed by atoms with Crippen molar-refractivity contribution in [1.29, 1.82) is 0 Å². The van der Waals surface area contributed by atoms with Gasteiger partial charge in [-0.25, -0.2) is 5.84 Å². The van der Waals surface area contributed by atoms with Gasteiger partial charge in [0.15, 0.2) is 0 Å². The van der Waals surface area contributed by atoms with Crippen molar-refractivity contribution in [3.63, 3.8) is 0 Å². The summed E-state index contributed by atoms with van der Waals surface area (Å²) in [6.07, 6.45) is 2.18. The molecular formula is C9H16N4O2S. The monoisotopic (exact) mass is 244 g/mol. The van der Waals surface area contributed by atoms with Crippen molar-refractivity contribution in [2.75, 3.05) is 25.2 Å². The summed E-state index contributed by atoms with van der Waals surface area (Å²) in [6, 6.07) is 0. The molecule has 7 heteroatoms. The summed E-state index contributed by atoms with van der Waals surface area (Å²) < 4.78 is 10.9. The average molecular weight is 244 g/mol. The van der Waals surface area contributed by atoms with Crippen LogP contribution in [-0.2, 0) is 16.1 Å². The highest BCUT2D eigenvalue weighted by Gasteiger charge is 2.14. The number of aromatic nitrogens is 2. The number of hydrogen-bond donors (Lipinski definition) is 2. The molecule has 2 heterocycles. The Bertz CT molecular complexity index is 314. The largest absolute Gasteiger partial charge is 0.381 e. The number of nitrogens with zero attached hydrogens (tertiary/aromatic N) is 2. The lowest BCUT2D eigenvalue weighted by Gasteiger charge is -2.21. The predicted molar refractivity (Wildman–Crippen MR) is 60.9 cm³/mol. The third-order valence-electron chi connectivity index (χ3n) is 2.51. The van der Waals surface area contributed by atoms with E-state index in [4.69, 9.17) is 15.3 Å². The lowest BCUT2D eigenvalue weighted by atomic mass is 10.0. The molecule has 6 nitrogen and oxygen atoms in total. The van der Waals surface area contributed by atoms with Gasteiger partial charge in [-0.15, -0.1) is 10.2 Å². The first-order chi connectivity index (χ1) is 7.88. The first-order valence-corrected chi connectivity index (χ1v) is 6.14. The fraction of sp³-hybridized carbons (Fsp3) is 0.778. The Morgan fingerprint density at radius 3 is 2.94 bits per heavy atom. The van der Waals surface area contributed by atoms with E-state index in [0.717, 1.165) is 37.7 Å². The van der Waals surface area contributed by atoms with Crippen LogP contribution in [0.5, 0.6) is 0 Å². The Morgan fingerprint density at radius 2 is 2.25 bits per heavy atom. The Hall–Kier alpha value is -0.760. The molecular weight excluding hydrogens is 228 g/mol. The van der Waals surface area contributed by atoms with Crippen LogP contribution in [0.15, 0.2) is 0 Å². The summed E-state index contributed by atoms with van der Waals surface area (Å²) in [5, 5.41) is 9.24. The van der Waals surface area contributed by atoms with Crippen molar-refractivity contribution in [1.82, 2.24) is 10.2 Å². The highest BCUT2D eigenvalue weighted by atomic mass is 32.1. The van der Waals surface area contributed by atoms with E-state index < -0.39 is 0 Å². The van der Waals surface area contributed by atoms with Gasteiger partial charge >= 0.3 is 0 Å². The first-order valence-electron chi connectivity index (χ1n) is 5.33. The number of hydrogen-bond acceptors (Lipinski definition) is 7. The van der Waals surface area contributed by atoms with Gasteiger partial charge in [0, 0.05) is 13.2 Å². The third-order valence-corrected chi connectivity index (χ3v) is 3.34. The SMILES string of the molecule is NNc1nnc(COCC2CCOCC2)s1. The zero-order valence-corrected chi connectivity index (χ0v) is 9.83. The minimum Gasteiger partial charge on any atom is -0.381 e. The normalized spacial score (nSPS) is 17.6. The maximum Gasteiger partial charge on any atom is 0.219 e. The summed E-state index contributed by atoms with van der Waals surface area (Å²) in [5.74, 6) is 5.83. The Labute approximate surface area is 98.1 Å².